The Balaban J connectivity index is 0.000000419. The molecule has 0 heterocycles. The van der Waals surface area contributed by atoms with Crippen LogP contribution in [-0.4, -0.2) is 89.4 Å². The molecule has 1 aliphatic carbocycles. The summed E-state index contributed by atoms with van der Waals surface area (Å²) in [6.07, 6.45) is 7.24. The Hall–Kier alpha value is -4.76. The summed E-state index contributed by atoms with van der Waals surface area (Å²) in [5, 5.41) is 31.8. The van der Waals surface area contributed by atoms with E-state index in [-0.39, 0.29) is 39.9 Å². The maximum absolute atomic E-state index is 12.4. The second-order valence-electron chi connectivity index (χ2n) is 11.6. The lowest BCUT2D eigenvalue weighted by molar-refractivity contribution is -0.385. The summed E-state index contributed by atoms with van der Waals surface area (Å²) in [5.41, 5.74) is 4.08. The average molecular weight is 849 g/mol. The number of Topliss-reactive ketones (excluding diaryl/α,β-unsaturated/α-hetero) is 3. The van der Waals surface area contributed by atoms with Crippen LogP contribution < -0.4 is 20.7 Å². The molecule has 3 aromatic rings. The molecule has 0 amide bonds. The summed E-state index contributed by atoms with van der Waals surface area (Å²) >= 11 is 5.94. The third-order valence-corrected chi connectivity index (χ3v) is 8.61. The van der Waals surface area contributed by atoms with Crippen molar-refractivity contribution in [2.45, 2.75) is 24.2 Å². The molecule has 1 saturated carbocycles. The molecule has 1 atom stereocenters. The summed E-state index contributed by atoms with van der Waals surface area (Å²) in [7, 11) is -7.40. The van der Waals surface area contributed by atoms with Crippen LogP contribution in [0.4, 0.5) is 17.1 Å². The number of sulfone groups is 1. The molecular weight excluding hydrogens is 811 g/mol. The second-order valence-corrected chi connectivity index (χ2v) is 18.0. The number of hydrogen-bond acceptors (Lipinski definition) is 15. The maximum Gasteiger partial charge on any atom is 0.317 e. The van der Waals surface area contributed by atoms with E-state index in [0.717, 1.165) is 24.5 Å². The molecule has 5 N–H and O–H groups in total. The van der Waals surface area contributed by atoms with Crippen LogP contribution in [0.5, 0.6) is 11.5 Å². The van der Waals surface area contributed by atoms with Gasteiger partial charge < -0.3 is 29.9 Å². The first-order valence-electron chi connectivity index (χ1n) is 15.3. The largest absolute Gasteiger partial charge is 0.778 e. The van der Waals surface area contributed by atoms with Crippen molar-refractivity contribution < 1.29 is 61.6 Å². The molecule has 300 valence electrons. The first-order valence-corrected chi connectivity index (χ1v) is 21.8. The zero-order valence-electron chi connectivity index (χ0n) is 29.7. The van der Waals surface area contributed by atoms with Crippen molar-refractivity contribution >= 4 is 80.3 Å². The zero-order valence-corrected chi connectivity index (χ0v) is 33.0. The Kier molecular flexibility index (Phi) is 19.3. The van der Waals surface area contributed by atoms with Gasteiger partial charge in [-0.2, -0.15) is 0 Å². The predicted molar refractivity (Wildman–Crippen MR) is 202 cm³/mol. The topological polar surface area (TPSA) is 317 Å². The van der Waals surface area contributed by atoms with Crippen molar-refractivity contribution in [1.29, 1.82) is 0 Å². The lowest BCUT2D eigenvalue weighted by Crippen LogP contribution is -2.35. The summed E-state index contributed by atoms with van der Waals surface area (Å²) < 4.78 is 38.4. The van der Waals surface area contributed by atoms with Crippen LogP contribution in [0.2, 0.25) is 5.02 Å². The number of para-hydroxylation sites is 1. The van der Waals surface area contributed by atoms with E-state index in [9.17, 15) is 57.3 Å². The molecule has 0 bridgehead atoms. The number of anilines is 1. The summed E-state index contributed by atoms with van der Waals surface area (Å²) in [5.74, 6) is -3.93. The van der Waals surface area contributed by atoms with Gasteiger partial charge in [0.2, 0.25) is 0 Å². The van der Waals surface area contributed by atoms with Gasteiger partial charge in [0.1, 0.15) is 35.7 Å². The van der Waals surface area contributed by atoms with Crippen LogP contribution in [-0.2, 0) is 39.7 Å². The molecule has 4 rings (SSSR count). The molecule has 0 spiro atoms. The van der Waals surface area contributed by atoms with E-state index in [2.05, 4.69) is 18.8 Å². The number of ketones is 3. The number of hydrogen-bond donors (Lipinski definition) is 4. The molecular formula is C32H38ClN4O15PS2. The number of aliphatic carboxylic acids is 1. The highest BCUT2D eigenvalue weighted by atomic mass is 35.5. The van der Waals surface area contributed by atoms with Gasteiger partial charge in [-0.15, -0.1) is 0 Å². The van der Waals surface area contributed by atoms with E-state index in [1.807, 2.05) is 11.4 Å². The Morgan fingerprint density at radius 2 is 1.53 bits per heavy atom. The number of nitro benzene ring substituents is 2. The molecule has 0 radical (unpaired) electrons. The number of nitrogens with zero attached hydrogens (tertiary/aromatic N) is 2. The Morgan fingerprint density at radius 1 is 1.00 bits per heavy atom. The number of rotatable bonds is 11. The normalized spacial score (nSPS) is 13.7. The fourth-order valence-electron chi connectivity index (χ4n) is 4.17. The fraction of sp³-hybridized carbons (Fsp3) is 0.312. The van der Waals surface area contributed by atoms with E-state index < -0.39 is 80.6 Å². The van der Waals surface area contributed by atoms with Crippen molar-refractivity contribution in [3.63, 3.8) is 0 Å². The van der Waals surface area contributed by atoms with E-state index in [1.54, 1.807) is 24.3 Å². The highest BCUT2D eigenvalue weighted by Crippen LogP contribution is 2.39. The number of benzene rings is 3. The quantitative estimate of drug-likeness (QED) is 0.0408. The lowest BCUT2D eigenvalue weighted by Gasteiger charge is -2.18. The van der Waals surface area contributed by atoms with Crippen LogP contribution in [0.25, 0.3) is 0 Å². The average Bonchev–Trinajstić information content (AvgIpc) is 3.06. The van der Waals surface area contributed by atoms with Crippen molar-refractivity contribution in [2.75, 3.05) is 43.6 Å². The van der Waals surface area contributed by atoms with E-state index in [1.165, 1.54) is 12.1 Å². The number of carbonyl (C=O) groups excluding carboxylic acids is 3. The first kappa shape index (κ1) is 48.3. The highest BCUT2D eigenvalue weighted by Gasteiger charge is 2.39. The molecule has 1 aliphatic rings. The van der Waals surface area contributed by atoms with Gasteiger partial charge in [-0.1, -0.05) is 29.8 Å². The Morgan fingerprint density at radius 3 is 1.98 bits per heavy atom. The van der Waals surface area contributed by atoms with Crippen molar-refractivity contribution in [2.24, 2.45) is 5.92 Å². The van der Waals surface area contributed by atoms with Crippen LogP contribution in [0.3, 0.4) is 0 Å². The Labute approximate surface area is 322 Å². The van der Waals surface area contributed by atoms with Gasteiger partial charge in [-0.05, 0) is 47.6 Å². The SMILES string of the molecule is CS(=O)(=O)c1ccc(C(=O)C2C(=O)CCCC2=O)c([N+](=O)[O-])c1.C[S+](C)C.Nc1c([N+](=O)[O-])ccc(Oc2ccccc2)c1Cl.O=C(O)CNCP(=O)([O-])O. The summed E-state index contributed by atoms with van der Waals surface area (Å²) in [6.45, 7) is -0.479. The molecule has 0 aromatic heterocycles. The van der Waals surface area contributed by atoms with Crippen LogP contribution in [0.15, 0.2) is 65.6 Å². The minimum absolute atomic E-state index is 0.0352. The van der Waals surface area contributed by atoms with Crippen LogP contribution >= 0.6 is 19.2 Å². The van der Waals surface area contributed by atoms with Gasteiger partial charge >= 0.3 is 5.97 Å². The van der Waals surface area contributed by atoms with Crippen LogP contribution in [0.1, 0.15) is 29.6 Å². The van der Waals surface area contributed by atoms with Gasteiger partial charge in [-0.3, -0.25) is 44.7 Å². The summed E-state index contributed by atoms with van der Waals surface area (Å²) in [4.78, 5) is 83.8. The van der Waals surface area contributed by atoms with Gasteiger partial charge in [0.25, 0.3) is 11.4 Å². The number of carboxylic acid groups (broad SMARTS) is 1. The van der Waals surface area contributed by atoms with E-state index >= 15 is 0 Å². The van der Waals surface area contributed by atoms with E-state index in [0.29, 0.717) is 23.1 Å². The monoisotopic (exact) mass is 848 g/mol. The van der Waals surface area contributed by atoms with Gasteiger partial charge in [-0.25, -0.2) is 8.42 Å². The molecule has 19 nitrogen and oxygen atoms in total. The number of carboxylic acids is 1. The molecule has 1 unspecified atom stereocenters. The van der Waals surface area contributed by atoms with Gasteiger partial charge in [0, 0.05) is 31.2 Å². The Bertz CT molecular complexity index is 2030. The maximum atomic E-state index is 12.4. The van der Waals surface area contributed by atoms with Crippen molar-refractivity contribution in [3.8, 4) is 11.5 Å². The smallest absolute Gasteiger partial charge is 0.317 e. The molecule has 1 fully saturated rings. The van der Waals surface area contributed by atoms with E-state index in [4.69, 9.17) is 32.1 Å². The third kappa shape index (κ3) is 17.1. The number of nitrogen functional groups attached to an aromatic ring is 1. The van der Waals surface area contributed by atoms with Crippen molar-refractivity contribution in [1.82, 2.24) is 5.32 Å². The molecule has 0 saturated heterocycles. The fourth-order valence-corrected chi connectivity index (χ4v) is 5.41. The summed E-state index contributed by atoms with van der Waals surface area (Å²) in [6, 6.07) is 14.4. The number of nitrogens with two attached hydrogens (primary N) is 1. The number of halogens is 1. The zero-order chi connectivity index (χ0) is 42.3. The van der Waals surface area contributed by atoms with Gasteiger partial charge in [0.15, 0.2) is 27.2 Å². The number of carbonyl (C=O) groups is 4. The van der Waals surface area contributed by atoms with Gasteiger partial charge in [0.05, 0.1) is 51.9 Å². The van der Waals surface area contributed by atoms with Crippen LogP contribution in [0, 0.1) is 26.1 Å². The second kappa shape index (κ2) is 22.0. The number of ether oxygens (including phenoxy) is 1. The first-order chi connectivity index (χ1) is 25.4. The molecule has 55 heavy (non-hydrogen) atoms. The number of nitro groups is 2. The van der Waals surface area contributed by atoms with Crippen molar-refractivity contribution in [3.05, 3.63) is 91.5 Å². The molecule has 23 heteroatoms. The minimum atomic E-state index is -4.35. The molecule has 3 aromatic carbocycles. The minimum Gasteiger partial charge on any atom is -0.778 e. The molecule has 0 aliphatic heterocycles. The number of nitrogens with one attached hydrogen (secondary N) is 1. The third-order valence-electron chi connectivity index (χ3n) is 6.49. The predicted octanol–water partition coefficient (Wildman–Crippen LogP) is 3.40. The standard InChI is InChI=1S/C14H13NO7S.C12H9ClN2O3.C3H8NO5P.C3H9S/c1-23(21,22)8-5-6-9(10(7-8)15(19)20)14(18)13-11(16)3-2-4-12(13)17;13-11-10(18-8-4-2-1-3-5-8)7-6-9(12(11)14)15(16)17;5-3(6)1-4-2-10(7,8)9;1-4(2)3/h5-7,13H,2-4H2,1H3;1-7H,14H2;4H,1-2H2,(H,5,6)(H2,7,8,9);1-3H3/q;;;+1/p-1. The lowest BCUT2D eigenvalue weighted by atomic mass is 9.81. The highest BCUT2D eigenvalue weighted by molar-refractivity contribution is 7.94.